The zero-order valence-corrected chi connectivity index (χ0v) is 15.5. The third kappa shape index (κ3) is 4.07. The average molecular weight is 376 g/mol. The fraction of sp³-hybridized carbons (Fsp3) is 0.316. The molecule has 3 aromatic rings. The molecule has 1 aliphatic heterocycles. The molecule has 1 unspecified atom stereocenters. The van der Waals surface area contributed by atoms with Gasteiger partial charge in [0.15, 0.2) is 11.4 Å². The molecule has 142 valence electrons. The van der Waals surface area contributed by atoms with Crippen LogP contribution < -0.4 is 15.4 Å². The number of pyridine rings is 1. The summed E-state index contributed by atoms with van der Waals surface area (Å²) in [5.74, 6) is 0.901. The molecule has 0 amide bonds. The van der Waals surface area contributed by atoms with Gasteiger partial charge in [-0.1, -0.05) is 0 Å². The van der Waals surface area contributed by atoms with Gasteiger partial charge in [0.1, 0.15) is 12.2 Å². The summed E-state index contributed by atoms with van der Waals surface area (Å²) in [5.41, 5.74) is 2.76. The molecule has 0 radical (unpaired) electrons. The van der Waals surface area contributed by atoms with Crippen molar-refractivity contribution < 1.29 is 4.74 Å². The molecule has 28 heavy (non-hydrogen) atoms. The van der Waals surface area contributed by atoms with Crippen LogP contribution in [0.25, 0.3) is 11.1 Å². The first-order valence-corrected chi connectivity index (χ1v) is 9.07. The Balaban J connectivity index is 1.49. The normalized spacial score (nSPS) is 16.4. The third-order valence-electron chi connectivity index (χ3n) is 4.45. The van der Waals surface area contributed by atoms with Crippen LogP contribution in [0.5, 0.6) is 5.75 Å². The summed E-state index contributed by atoms with van der Waals surface area (Å²) in [4.78, 5) is 12.9. The number of anilines is 2. The van der Waals surface area contributed by atoms with Crippen LogP contribution in [0.3, 0.4) is 0 Å². The van der Waals surface area contributed by atoms with Gasteiger partial charge in [-0.2, -0.15) is 10.4 Å². The van der Waals surface area contributed by atoms with Gasteiger partial charge in [0.2, 0.25) is 5.95 Å². The Labute approximate surface area is 162 Å². The Kier molecular flexibility index (Phi) is 5.12. The van der Waals surface area contributed by atoms with Crippen molar-refractivity contribution in [1.29, 1.82) is 5.26 Å². The number of piperidine rings is 1. The molecule has 2 N–H and O–H groups in total. The Morgan fingerprint density at radius 1 is 1.21 bits per heavy atom. The van der Waals surface area contributed by atoms with E-state index < -0.39 is 0 Å². The van der Waals surface area contributed by atoms with Crippen molar-refractivity contribution >= 4 is 11.6 Å². The number of aryl methyl sites for hydroxylation is 1. The summed E-state index contributed by atoms with van der Waals surface area (Å²) in [5, 5.41) is 19.9. The largest absolute Gasteiger partial charge is 0.486 e. The molecular weight excluding hydrogens is 356 g/mol. The molecular formula is C19H20N8O. The molecule has 1 atom stereocenters. The van der Waals surface area contributed by atoms with Crippen LogP contribution >= 0.6 is 0 Å². The highest BCUT2D eigenvalue weighted by Gasteiger charge is 2.17. The van der Waals surface area contributed by atoms with E-state index in [1.165, 1.54) is 0 Å². The van der Waals surface area contributed by atoms with Crippen LogP contribution in [0.1, 0.15) is 18.5 Å². The number of aromatic nitrogens is 5. The van der Waals surface area contributed by atoms with Crippen molar-refractivity contribution in [1.82, 2.24) is 30.0 Å². The second-order valence-electron chi connectivity index (χ2n) is 6.59. The van der Waals surface area contributed by atoms with Gasteiger partial charge in [0, 0.05) is 49.4 Å². The fourth-order valence-corrected chi connectivity index (χ4v) is 3.03. The lowest BCUT2D eigenvalue weighted by atomic mass is 10.1. The quantitative estimate of drug-likeness (QED) is 0.695. The van der Waals surface area contributed by atoms with Crippen LogP contribution in [0.4, 0.5) is 11.6 Å². The van der Waals surface area contributed by atoms with Crippen molar-refractivity contribution in [2.24, 2.45) is 7.05 Å². The maximum Gasteiger partial charge on any atom is 0.227 e. The molecule has 1 fully saturated rings. The zero-order chi connectivity index (χ0) is 19.3. The topological polar surface area (TPSA) is 114 Å². The van der Waals surface area contributed by atoms with Crippen molar-refractivity contribution in [3.8, 4) is 22.9 Å². The molecule has 1 aliphatic rings. The van der Waals surface area contributed by atoms with Crippen LogP contribution in [-0.2, 0) is 7.05 Å². The monoisotopic (exact) mass is 376 g/mol. The molecule has 1 saturated heterocycles. The summed E-state index contributed by atoms with van der Waals surface area (Å²) in [6, 6.07) is 3.84. The van der Waals surface area contributed by atoms with Gasteiger partial charge in [-0.25, -0.2) is 15.0 Å². The Morgan fingerprint density at radius 2 is 2.07 bits per heavy atom. The fourth-order valence-electron chi connectivity index (χ4n) is 3.03. The first-order chi connectivity index (χ1) is 13.7. The standard InChI is InChI=1S/C19H20N8O/c1-27-12-14(9-25-27)13-7-23-19(24-8-13)26-15-5-18(17(6-20)22-10-15)28-16-3-2-4-21-11-16/h5,7-10,12,16,21H,2-4,11H2,1H3,(H,23,24,26). The minimum Gasteiger partial charge on any atom is -0.486 e. The Hall–Kier alpha value is -3.51. The molecule has 4 rings (SSSR count). The predicted molar refractivity (Wildman–Crippen MR) is 103 cm³/mol. The van der Waals surface area contributed by atoms with Crippen LogP contribution in [0, 0.1) is 11.3 Å². The summed E-state index contributed by atoms with van der Waals surface area (Å²) in [6.07, 6.45) is 10.7. The molecule has 3 aromatic heterocycles. The first-order valence-electron chi connectivity index (χ1n) is 9.07. The number of hydrogen-bond acceptors (Lipinski definition) is 8. The summed E-state index contributed by atoms with van der Waals surface area (Å²) >= 11 is 0. The van der Waals surface area contributed by atoms with Crippen molar-refractivity contribution in [2.75, 3.05) is 18.4 Å². The second kappa shape index (κ2) is 8.02. The lowest BCUT2D eigenvalue weighted by Crippen LogP contribution is -2.37. The van der Waals surface area contributed by atoms with E-state index >= 15 is 0 Å². The Bertz CT molecular complexity index is 986. The second-order valence-corrected chi connectivity index (χ2v) is 6.59. The van der Waals surface area contributed by atoms with E-state index in [-0.39, 0.29) is 11.8 Å². The molecule has 0 spiro atoms. The molecule has 4 heterocycles. The van der Waals surface area contributed by atoms with E-state index in [1.807, 2.05) is 13.2 Å². The number of nitriles is 1. The van der Waals surface area contributed by atoms with Gasteiger partial charge in [0.25, 0.3) is 0 Å². The van der Waals surface area contributed by atoms with Gasteiger partial charge in [-0.3, -0.25) is 4.68 Å². The molecule has 9 nitrogen and oxygen atoms in total. The number of nitrogens with one attached hydrogen (secondary N) is 2. The van der Waals surface area contributed by atoms with E-state index in [2.05, 4.69) is 36.8 Å². The number of ether oxygens (including phenoxy) is 1. The van der Waals surface area contributed by atoms with Gasteiger partial charge in [-0.05, 0) is 19.4 Å². The summed E-state index contributed by atoms with van der Waals surface area (Å²) in [7, 11) is 1.86. The average Bonchev–Trinajstić information content (AvgIpc) is 3.16. The highest BCUT2D eigenvalue weighted by molar-refractivity contribution is 5.62. The van der Waals surface area contributed by atoms with Crippen LogP contribution in [0.15, 0.2) is 37.1 Å². The number of nitrogens with zero attached hydrogens (tertiary/aromatic N) is 6. The van der Waals surface area contributed by atoms with Gasteiger partial charge < -0.3 is 15.4 Å². The maximum atomic E-state index is 9.31. The van der Waals surface area contributed by atoms with E-state index in [0.717, 1.165) is 37.1 Å². The van der Waals surface area contributed by atoms with Crippen LogP contribution in [-0.4, -0.2) is 43.9 Å². The lowest BCUT2D eigenvalue weighted by Gasteiger charge is -2.24. The minimum atomic E-state index is 0.0351. The number of hydrogen-bond donors (Lipinski definition) is 2. The SMILES string of the molecule is Cn1cc(-c2cnc(Nc3cnc(C#N)c(OC4CCCNC4)c3)nc2)cn1. The first kappa shape index (κ1) is 17.9. The summed E-state index contributed by atoms with van der Waals surface area (Å²) < 4.78 is 7.73. The highest BCUT2D eigenvalue weighted by atomic mass is 16.5. The van der Waals surface area contributed by atoms with Gasteiger partial charge in [-0.15, -0.1) is 0 Å². The van der Waals surface area contributed by atoms with Crippen LogP contribution in [0.2, 0.25) is 0 Å². The predicted octanol–water partition coefficient (Wildman–Crippen LogP) is 2.02. The van der Waals surface area contributed by atoms with E-state index in [1.54, 1.807) is 35.5 Å². The maximum absolute atomic E-state index is 9.31. The molecule has 0 bridgehead atoms. The molecule has 9 heteroatoms. The molecule has 0 saturated carbocycles. The van der Waals surface area contributed by atoms with E-state index in [0.29, 0.717) is 17.4 Å². The van der Waals surface area contributed by atoms with Crippen molar-refractivity contribution in [3.63, 3.8) is 0 Å². The van der Waals surface area contributed by atoms with Gasteiger partial charge in [0.05, 0.1) is 18.1 Å². The minimum absolute atomic E-state index is 0.0351. The van der Waals surface area contributed by atoms with E-state index in [4.69, 9.17) is 4.74 Å². The third-order valence-corrected chi connectivity index (χ3v) is 4.45. The Morgan fingerprint density at radius 3 is 2.75 bits per heavy atom. The summed E-state index contributed by atoms with van der Waals surface area (Å²) in [6.45, 7) is 1.76. The zero-order valence-electron chi connectivity index (χ0n) is 15.5. The van der Waals surface area contributed by atoms with Crippen molar-refractivity contribution in [2.45, 2.75) is 18.9 Å². The molecule has 0 aliphatic carbocycles. The highest BCUT2D eigenvalue weighted by Crippen LogP contribution is 2.25. The smallest absolute Gasteiger partial charge is 0.227 e. The van der Waals surface area contributed by atoms with E-state index in [9.17, 15) is 5.26 Å². The lowest BCUT2D eigenvalue weighted by molar-refractivity contribution is 0.166. The van der Waals surface area contributed by atoms with Gasteiger partial charge >= 0.3 is 0 Å². The number of rotatable bonds is 5. The van der Waals surface area contributed by atoms with Crippen molar-refractivity contribution in [3.05, 3.63) is 42.7 Å². The molecule has 0 aromatic carbocycles.